The summed E-state index contributed by atoms with van der Waals surface area (Å²) in [6, 6.07) is 16.4. The Kier molecular flexibility index (Phi) is 5.67. The van der Waals surface area contributed by atoms with Gasteiger partial charge in [0.2, 0.25) is 0 Å². The van der Waals surface area contributed by atoms with Crippen LogP contribution in [0.4, 0.5) is 0 Å². The second-order valence-electron chi connectivity index (χ2n) is 3.98. The summed E-state index contributed by atoms with van der Waals surface area (Å²) in [6.45, 7) is 0. The van der Waals surface area contributed by atoms with Crippen LogP contribution in [-0.4, -0.2) is 13.1 Å². The molecule has 2 aromatic rings. The Morgan fingerprint density at radius 2 is 1.60 bits per heavy atom. The lowest BCUT2D eigenvalue weighted by molar-refractivity contribution is -0.134. The predicted molar refractivity (Wildman–Crippen MR) is 90.8 cm³/mol. The molecule has 0 N–H and O–H groups in total. The van der Waals surface area contributed by atoms with E-state index in [4.69, 9.17) is 0 Å². The number of hydrogen-bond donors (Lipinski definition) is 0. The van der Waals surface area contributed by atoms with Gasteiger partial charge in [0.25, 0.3) is 0 Å². The van der Waals surface area contributed by atoms with Crippen molar-refractivity contribution in [3.8, 4) is 0 Å². The Balaban J connectivity index is 2.03. The fourth-order valence-electron chi connectivity index (χ4n) is 1.52. The molecular weight excluding hydrogens is 383 g/mol. The highest BCUT2D eigenvalue weighted by Gasteiger charge is 1.98. The zero-order chi connectivity index (χ0) is 14.4. The normalized spacial score (nSPS) is 10.7. The summed E-state index contributed by atoms with van der Waals surface area (Å²) in [6.07, 6.45) is 3.16. The standard InChI is InChI=1S/C16H13IO2S/c1-19-16(18)11-4-12-2-7-14(8-3-12)20-15-9-5-13(17)6-10-15/h2-11H,1H3/b11-4+. The van der Waals surface area contributed by atoms with Crippen molar-refractivity contribution in [2.24, 2.45) is 0 Å². The Labute approximate surface area is 136 Å². The molecule has 0 atom stereocenters. The third kappa shape index (κ3) is 4.68. The molecule has 2 rings (SSSR count). The van der Waals surface area contributed by atoms with E-state index in [-0.39, 0.29) is 5.97 Å². The molecule has 0 spiro atoms. The zero-order valence-corrected chi connectivity index (χ0v) is 13.9. The summed E-state index contributed by atoms with van der Waals surface area (Å²) in [4.78, 5) is 13.4. The van der Waals surface area contributed by atoms with Crippen molar-refractivity contribution in [1.29, 1.82) is 0 Å². The number of benzene rings is 2. The third-order valence-corrected chi connectivity index (χ3v) is 4.28. The minimum Gasteiger partial charge on any atom is -0.466 e. The summed E-state index contributed by atoms with van der Waals surface area (Å²) in [7, 11) is 1.37. The van der Waals surface area contributed by atoms with Gasteiger partial charge in [0.1, 0.15) is 0 Å². The van der Waals surface area contributed by atoms with E-state index in [9.17, 15) is 4.79 Å². The number of rotatable bonds is 4. The molecule has 0 radical (unpaired) electrons. The number of carbonyl (C=O) groups is 1. The lowest BCUT2D eigenvalue weighted by atomic mass is 10.2. The molecule has 0 aliphatic rings. The Morgan fingerprint density at radius 3 is 2.15 bits per heavy atom. The van der Waals surface area contributed by atoms with Gasteiger partial charge in [0.15, 0.2) is 0 Å². The highest BCUT2D eigenvalue weighted by atomic mass is 127. The van der Waals surface area contributed by atoms with Crippen molar-refractivity contribution in [2.45, 2.75) is 9.79 Å². The zero-order valence-electron chi connectivity index (χ0n) is 10.9. The van der Waals surface area contributed by atoms with Crippen LogP contribution in [0.25, 0.3) is 6.08 Å². The first kappa shape index (κ1) is 15.1. The van der Waals surface area contributed by atoms with E-state index in [1.165, 1.54) is 26.5 Å². The third-order valence-electron chi connectivity index (χ3n) is 2.54. The van der Waals surface area contributed by atoms with Gasteiger partial charge in [-0.15, -0.1) is 0 Å². The summed E-state index contributed by atoms with van der Waals surface area (Å²) in [5, 5.41) is 0. The molecule has 4 heteroatoms. The average molecular weight is 396 g/mol. The number of halogens is 1. The molecule has 0 aliphatic heterocycles. The van der Waals surface area contributed by atoms with Gasteiger partial charge in [0, 0.05) is 19.4 Å². The molecule has 0 heterocycles. The minimum absolute atomic E-state index is 0.345. The van der Waals surface area contributed by atoms with E-state index in [1.807, 2.05) is 24.3 Å². The Morgan fingerprint density at radius 1 is 1.05 bits per heavy atom. The monoisotopic (exact) mass is 396 g/mol. The minimum atomic E-state index is -0.345. The molecule has 0 amide bonds. The molecule has 20 heavy (non-hydrogen) atoms. The number of carbonyl (C=O) groups excluding carboxylic acids is 1. The molecule has 0 bridgehead atoms. The summed E-state index contributed by atoms with van der Waals surface area (Å²) in [5.41, 5.74) is 0.974. The first-order valence-electron chi connectivity index (χ1n) is 5.97. The maximum absolute atomic E-state index is 11.0. The Hall–Kier alpha value is -1.27. The smallest absolute Gasteiger partial charge is 0.330 e. The fourth-order valence-corrected chi connectivity index (χ4v) is 2.69. The van der Waals surface area contributed by atoms with Crippen LogP contribution in [0.2, 0.25) is 0 Å². The highest BCUT2D eigenvalue weighted by molar-refractivity contribution is 14.1. The largest absolute Gasteiger partial charge is 0.466 e. The van der Waals surface area contributed by atoms with Crippen molar-refractivity contribution in [2.75, 3.05) is 7.11 Å². The van der Waals surface area contributed by atoms with Crippen LogP contribution in [0.3, 0.4) is 0 Å². The second-order valence-corrected chi connectivity index (χ2v) is 6.37. The molecule has 0 fully saturated rings. The van der Waals surface area contributed by atoms with Gasteiger partial charge in [-0.1, -0.05) is 23.9 Å². The average Bonchev–Trinajstić information content (AvgIpc) is 2.48. The number of ether oxygens (including phenoxy) is 1. The lowest BCUT2D eigenvalue weighted by Crippen LogP contribution is -1.93. The molecule has 0 aliphatic carbocycles. The number of methoxy groups -OCH3 is 1. The van der Waals surface area contributed by atoms with Crippen LogP contribution >= 0.6 is 34.4 Å². The summed E-state index contributed by atoms with van der Waals surface area (Å²) in [5.74, 6) is -0.345. The number of hydrogen-bond acceptors (Lipinski definition) is 3. The van der Waals surface area contributed by atoms with Crippen LogP contribution in [-0.2, 0) is 9.53 Å². The van der Waals surface area contributed by atoms with Gasteiger partial charge in [0.05, 0.1) is 7.11 Å². The van der Waals surface area contributed by atoms with Crippen LogP contribution in [0.5, 0.6) is 0 Å². The van der Waals surface area contributed by atoms with Gasteiger partial charge < -0.3 is 4.74 Å². The van der Waals surface area contributed by atoms with Crippen molar-refractivity contribution in [3.05, 3.63) is 63.7 Å². The summed E-state index contributed by atoms with van der Waals surface area (Å²) >= 11 is 4.01. The van der Waals surface area contributed by atoms with Crippen LogP contribution in [0.1, 0.15) is 5.56 Å². The lowest BCUT2D eigenvalue weighted by Gasteiger charge is -2.02. The molecule has 2 aromatic carbocycles. The molecule has 0 saturated heterocycles. The van der Waals surface area contributed by atoms with Gasteiger partial charge in [-0.2, -0.15) is 0 Å². The Bertz CT molecular complexity index is 603. The van der Waals surface area contributed by atoms with Crippen molar-refractivity contribution in [1.82, 2.24) is 0 Å². The molecule has 2 nitrogen and oxygen atoms in total. The van der Waals surface area contributed by atoms with Gasteiger partial charge in [-0.25, -0.2) is 4.79 Å². The van der Waals surface area contributed by atoms with E-state index in [1.54, 1.807) is 17.8 Å². The molecule has 0 aromatic heterocycles. The van der Waals surface area contributed by atoms with Gasteiger partial charge >= 0.3 is 5.97 Å². The van der Waals surface area contributed by atoms with E-state index in [0.717, 1.165) is 5.56 Å². The number of esters is 1. The van der Waals surface area contributed by atoms with Gasteiger partial charge in [-0.05, 0) is 70.6 Å². The van der Waals surface area contributed by atoms with E-state index < -0.39 is 0 Å². The molecular formula is C16H13IO2S. The molecule has 0 unspecified atom stereocenters. The van der Waals surface area contributed by atoms with Crippen molar-refractivity contribution in [3.63, 3.8) is 0 Å². The maximum atomic E-state index is 11.0. The maximum Gasteiger partial charge on any atom is 0.330 e. The van der Waals surface area contributed by atoms with E-state index in [2.05, 4.69) is 51.6 Å². The van der Waals surface area contributed by atoms with Gasteiger partial charge in [-0.3, -0.25) is 0 Å². The van der Waals surface area contributed by atoms with E-state index in [0.29, 0.717) is 0 Å². The second kappa shape index (κ2) is 7.50. The first-order valence-corrected chi connectivity index (χ1v) is 7.86. The van der Waals surface area contributed by atoms with Crippen molar-refractivity contribution >= 4 is 46.4 Å². The quantitative estimate of drug-likeness (QED) is 0.428. The van der Waals surface area contributed by atoms with Crippen molar-refractivity contribution < 1.29 is 9.53 Å². The van der Waals surface area contributed by atoms with Crippen LogP contribution in [0, 0.1) is 3.57 Å². The topological polar surface area (TPSA) is 26.3 Å². The SMILES string of the molecule is COC(=O)/C=C/c1ccc(Sc2ccc(I)cc2)cc1. The van der Waals surface area contributed by atoms with Crippen LogP contribution < -0.4 is 0 Å². The summed E-state index contributed by atoms with van der Waals surface area (Å²) < 4.78 is 5.79. The molecule has 0 saturated carbocycles. The first-order chi connectivity index (χ1) is 9.67. The molecule has 102 valence electrons. The van der Waals surface area contributed by atoms with E-state index >= 15 is 0 Å². The fraction of sp³-hybridized carbons (Fsp3) is 0.0625. The highest BCUT2D eigenvalue weighted by Crippen LogP contribution is 2.28. The van der Waals surface area contributed by atoms with Crippen LogP contribution in [0.15, 0.2) is 64.4 Å². The predicted octanol–water partition coefficient (Wildman–Crippen LogP) is 4.63.